The Morgan fingerprint density at radius 2 is 2.11 bits per heavy atom. The zero-order valence-electron chi connectivity index (χ0n) is 16.8. The van der Waals surface area contributed by atoms with Crippen LogP contribution in [0.25, 0.3) is 0 Å². The second-order valence-electron chi connectivity index (χ2n) is 7.81. The molecule has 2 saturated heterocycles. The van der Waals surface area contributed by atoms with Crippen LogP contribution in [0.4, 0.5) is 10.5 Å². The standard InChI is InChI=1S/C21H31N3O4/c1-16(25)22-10-6-17-7-13-28-21(15-17)8-11-24(12-9-21)20(26)23-18-4-3-5-19(14-18)27-2/h3-5,14,17H,6-13,15H2,1-2H3,(H,22,25)(H,23,26). The highest BCUT2D eigenvalue weighted by Gasteiger charge is 2.41. The van der Waals surface area contributed by atoms with Gasteiger partial charge in [0.2, 0.25) is 5.91 Å². The molecule has 7 nitrogen and oxygen atoms in total. The maximum Gasteiger partial charge on any atom is 0.321 e. The van der Waals surface area contributed by atoms with Gasteiger partial charge in [-0.15, -0.1) is 0 Å². The zero-order chi connectivity index (χ0) is 20.0. The van der Waals surface area contributed by atoms with Gasteiger partial charge >= 0.3 is 6.03 Å². The third-order valence-electron chi connectivity index (χ3n) is 5.80. The van der Waals surface area contributed by atoms with Gasteiger partial charge in [-0.1, -0.05) is 6.07 Å². The van der Waals surface area contributed by atoms with Gasteiger partial charge in [-0.3, -0.25) is 4.79 Å². The summed E-state index contributed by atoms with van der Waals surface area (Å²) in [5.41, 5.74) is 0.614. The lowest BCUT2D eigenvalue weighted by atomic mass is 9.78. The van der Waals surface area contributed by atoms with E-state index in [1.165, 1.54) is 0 Å². The number of hydrogen-bond donors (Lipinski definition) is 2. The number of urea groups is 1. The number of nitrogens with zero attached hydrogens (tertiary/aromatic N) is 1. The molecule has 3 rings (SSSR count). The molecule has 0 radical (unpaired) electrons. The maximum absolute atomic E-state index is 12.6. The Hall–Kier alpha value is -2.28. The number of rotatable bonds is 5. The van der Waals surface area contributed by atoms with E-state index in [1.807, 2.05) is 29.2 Å². The van der Waals surface area contributed by atoms with Gasteiger partial charge in [-0.2, -0.15) is 0 Å². The van der Waals surface area contributed by atoms with E-state index < -0.39 is 0 Å². The van der Waals surface area contributed by atoms with Crippen LogP contribution in [0.1, 0.15) is 39.0 Å². The summed E-state index contributed by atoms with van der Waals surface area (Å²) in [6, 6.07) is 7.30. The van der Waals surface area contributed by atoms with Gasteiger partial charge in [0.15, 0.2) is 0 Å². The van der Waals surface area contributed by atoms with Gasteiger partial charge in [-0.05, 0) is 50.2 Å². The predicted octanol–water partition coefficient (Wildman–Crippen LogP) is 3.01. The average Bonchev–Trinajstić information content (AvgIpc) is 2.68. The molecule has 1 aromatic carbocycles. The van der Waals surface area contributed by atoms with E-state index in [9.17, 15) is 9.59 Å². The number of nitrogens with one attached hydrogen (secondary N) is 2. The minimum absolute atomic E-state index is 0.0251. The number of methoxy groups -OCH3 is 1. The Balaban J connectivity index is 1.48. The number of benzene rings is 1. The normalized spacial score (nSPS) is 21.2. The summed E-state index contributed by atoms with van der Waals surface area (Å²) in [5, 5.41) is 5.84. The lowest BCUT2D eigenvalue weighted by Crippen LogP contribution is -2.51. The fraction of sp³-hybridized carbons (Fsp3) is 0.619. The monoisotopic (exact) mass is 389 g/mol. The summed E-state index contributed by atoms with van der Waals surface area (Å²) in [6.45, 7) is 4.42. The SMILES string of the molecule is COc1cccc(NC(=O)N2CCC3(CC2)CC(CCNC(C)=O)CCO3)c1. The first kappa shape index (κ1) is 20.5. The summed E-state index contributed by atoms with van der Waals surface area (Å²) >= 11 is 0. The summed E-state index contributed by atoms with van der Waals surface area (Å²) in [7, 11) is 1.61. The molecular formula is C21H31N3O4. The number of anilines is 1. The van der Waals surface area contributed by atoms with Crippen molar-refractivity contribution in [3.8, 4) is 5.75 Å². The number of piperidine rings is 1. The van der Waals surface area contributed by atoms with Crippen LogP contribution in [-0.4, -0.2) is 55.8 Å². The van der Waals surface area contributed by atoms with Crippen molar-refractivity contribution in [1.29, 1.82) is 0 Å². The number of hydrogen-bond acceptors (Lipinski definition) is 4. The molecule has 0 bridgehead atoms. The molecule has 2 N–H and O–H groups in total. The van der Waals surface area contributed by atoms with Crippen molar-refractivity contribution in [2.45, 2.75) is 44.6 Å². The first-order valence-corrected chi connectivity index (χ1v) is 10.1. The number of carbonyl (C=O) groups excluding carboxylic acids is 2. The van der Waals surface area contributed by atoms with E-state index >= 15 is 0 Å². The van der Waals surface area contributed by atoms with Crippen molar-refractivity contribution in [1.82, 2.24) is 10.2 Å². The van der Waals surface area contributed by atoms with Gasteiger partial charge in [0.05, 0.1) is 12.7 Å². The summed E-state index contributed by atoms with van der Waals surface area (Å²) in [6.07, 6.45) is 4.76. The molecule has 2 heterocycles. The van der Waals surface area contributed by atoms with Crippen LogP contribution in [0.5, 0.6) is 5.75 Å². The topological polar surface area (TPSA) is 79.9 Å². The van der Waals surface area contributed by atoms with E-state index in [0.717, 1.165) is 56.7 Å². The van der Waals surface area contributed by atoms with Crippen LogP contribution in [0, 0.1) is 5.92 Å². The maximum atomic E-state index is 12.6. The van der Waals surface area contributed by atoms with Gasteiger partial charge < -0.3 is 25.0 Å². The Bertz CT molecular complexity index is 686. The fourth-order valence-electron chi connectivity index (χ4n) is 4.20. The van der Waals surface area contributed by atoms with E-state index in [4.69, 9.17) is 9.47 Å². The third-order valence-corrected chi connectivity index (χ3v) is 5.80. The average molecular weight is 389 g/mol. The molecule has 154 valence electrons. The largest absolute Gasteiger partial charge is 0.497 e. The smallest absolute Gasteiger partial charge is 0.321 e. The highest BCUT2D eigenvalue weighted by Crippen LogP contribution is 2.38. The molecule has 2 fully saturated rings. The molecule has 0 saturated carbocycles. The fourth-order valence-corrected chi connectivity index (χ4v) is 4.20. The Labute approximate surface area is 166 Å². The highest BCUT2D eigenvalue weighted by atomic mass is 16.5. The predicted molar refractivity (Wildman–Crippen MR) is 108 cm³/mol. The summed E-state index contributed by atoms with van der Waals surface area (Å²) in [5.74, 6) is 1.31. The lowest BCUT2D eigenvalue weighted by Gasteiger charge is -2.46. The van der Waals surface area contributed by atoms with Crippen LogP contribution >= 0.6 is 0 Å². The lowest BCUT2D eigenvalue weighted by molar-refractivity contribution is -0.124. The molecule has 1 aromatic rings. The molecule has 2 aliphatic heterocycles. The highest BCUT2D eigenvalue weighted by molar-refractivity contribution is 5.89. The molecule has 2 aliphatic rings. The molecule has 28 heavy (non-hydrogen) atoms. The van der Waals surface area contributed by atoms with Crippen molar-refractivity contribution in [3.63, 3.8) is 0 Å². The van der Waals surface area contributed by atoms with Crippen LogP contribution in [0.2, 0.25) is 0 Å². The minimum Gasteiger partial charge on any atom is -0.497 e. The molecule has 3 amide bonds. The number of carbonyl (C=O) groups is 2. The Morgan fingerprint density at radius 3 is 2.82 bits per heavy atom. The van der Waals surface area contributed by atoms with Crippen LogP contribution in [-0.2, 0) is 9.53 Å². The molecule has 0 aliphatic carbocycles. The van der Waals surface area contributed by atoms with Gasteiger partial charge in [0, 0.05) is 44.9 Å². The van der Waals surface area contributed by atoms with Crippen molar-refractivity contribution in [2.24, 2.45) is 5.92 Å². The molecule has 1 atom stereocenters. The van der Waals surface area contributed by atoms with Gasteiger partial charge in [0.1, 0.15) is 5.75 Å². The Morgan fingerprint density at radius 1 is 1.32 bits per heavy atom. The molecule has 0 aromatic heterocycles. The molecular weight excluding hydrogens is 358 g/mol. The van der Waals surface area contributed by atoms with E-state index in [0.29, 0.717) is 19.0 Å². The van der Waals surface area contributed by atoms with Crippen LogP contribution in [0.3, 0.4) is 0 Å². The number of likely N-dealkylation sites (tertiary alicyclic amines) is 1. The van der Waals surface area contributed by atoms with Crippen molar-refractivity contribution in [3.05, 3.63) is 24.3 Å². The molecule has 1 unspecified atom stereocenters. The first-order chi connectivity index (χ1) is 13.5. The first-order valence-electron chi connectivity index (χ1n) is 10.1. The Kier molecular flexibility index (Phi) is 6.78. The van der Waals surface area contributed by atoms with E-state index in [-0.39, 0.29) is 17.5 Å². The number of amides is 3. The summed E-state index contributed by atoms with van der Waals surface area (Å²) in [4.78, 5) is 25.5. The van der Waals surface area contributed by atoms with Gasteiger partial charge in [0.25, 0.3) is 0 Å². The van der Waals surface area contributed by atoms with Crippen molar-refractivity contribution >= 4 is 17.6 Å². The zero-order valence-corrected chi connectivity index (χ0v) is 16.8. The second-order valence-corrected chi connectivity index (χ2v) is 7.81. The van der Waals surface area contributed by atoms with Crippen LogP contribution < -0.4 is 15.4 Å². The van der Waals surface area contributed by atoms with E-state index in [2.05, 4.69) is 10.6 Å². The third kappa shape index (κ3) is 5.38. The minimum atomic E-state index is -0.119. The summed E-state index contributed by atoms with van der Waals surface area (Å²) < 4.78 is 11.4. The van der Waals surface area contributed by atoms with E-state index in [1.54, 1.807) is 14.0 Å². The molecule has 1 spiro atoms. The van der Waals surface area contributed by atoms with Crippen molar-refractivity contribution < 1.29 is 19.1 Å². The second kappa shape index (κ2) is 9.28. The van der Waals surface area contributed by atoms with Crippen LogP contribution in [0.15, 0.2) is 24.3 Å². The molecule has 7 heteroatoms. The van der Waals surface area contributed by atoms with Gasteiger partial charge in [-0.25, -0.2) is 4.79 Å². The quantitative estimate of drug-likeness (QED) is 0.811. The van der Waals surface area contributed by atoms with Crippen molar-refractivity contribution in [2.75, 3.05) is 38.7 Å². The number of ether oxygens (including phenoxy) is 2.